The third kappa shape index (κ3) is 3.49. The Morgan fingerprint density at radius 2 is 1.82 bits per heavy atom. The van der Waals surface area contributed by atoms with Crippen LogP contribution in [0.3, 0.4) is 0 Å². The summed E-state index contributed by atoms with van der Waals surface area (Å²) in [5.41, 5.74) is 0.289. The van der Waals surface area contributed by atoms with E-state index in [1.807, 2.05) is 0 Å². The van der Waals surface area contributed by atoms with Gasteiger partial charge in [0.15, 0.2) is 0 Å². The van der Waals surface area contributed by atoms with E-state index < -0.39 is 38.3 Å². The van der Waals surface area contributed by atoms with Gasteiger partial charge in [0.2, 0.25) is 10.0 Å². The molecular weight excluding hydrogens is 309 g/mol. The van der Waals surface area contributed by atoms with Gasteiger partial charge < -0.3 is 9.90 Å². The van der Waals surface area contributed by atoms with E-state index in [4.69, 9.17) is 0 Å². The molecule has 2 aromatic carbocycles. The Morgan fingerprint density at radius 3 is 2.41 bits per heavy atom. The van der Waals surface area contributed by atoms with Gasteiger partial charge in [0.25, 0.3) is 0 Å². The second kappa shape index (κ2) is 6.25. The molecular formula is C15H13FNO4S-. The van der Waals surface area contributed by atoms with Gasteiger partial charge in [0.1, 0.15) is 10.7 Å². The molecule has 0 aliphatic carbocycles. The summed E-state index contributed by atoms with van der Waals surface area (Å²) in [6, 6.07) is 10.6. The van der Waals surface area contributed by atoms with Crippen molar-refractivity contribution in [2.45, 2.75) is 17.9 Å². The Balaban J connectivity index is 2.35. The largest absolute Gasteiger partial charge is 0.545 e. The van der Waals surface area contributed by atoms with E-state index >= 15 is 0 Å². The first-order valence-electron chi connectivity index (χ1n) is 6.39. The molecule has 0 fully saturated rings. The number of halogens is 1. The van der Waals surface area contributed by atoms with E-state index in [-0.39, 0.29) is 0 Å². The number of carboxylic acids is 1. The number of hydrogen-bond acceptors (Lipinski definition) is 4. The molecule has 1 N–H and O–H groups in total. The summed E-state index contributed by atoms with van der Waals surface area (Å²) in [5.74, 6) is -2.61. The maximum Gasteiger partial charge on any atom is 0.244 e. The Bertz CT molecular complexity index is 790. The normalized spacial score (nSPS) is 12.8. The molecule has 0 radical (unpaired) electrons. The molecule has 0 aromatic heterocycles. The molecule has 0 unspecified atom stereocenters. The second-order valence-electron chi connectivity index (χ2n) is 4.69. The number of hydrogen-bond donors (Lipinski definition) is 1. The Hall–Kier alpha value is -2.25. The van der Waals surface area contributed by atoms with Gasteiger partial charge in [-0.05, 0) is 30.2 Å². The molecule has 0 amide bonds. The van der Waals surface area contributed by atoms with Gasteiger partial charge in [0, 0.05) is 6.04 Å². The maximum absolute atomic E-state index is 13.7. The van der Waals surface area contributed by atoms with Gasteiger partial charge in [0.05, 0.1) is 5.97 Å². The van der Waals surface area contributed by atoms with Crippen LogP contribution in [-0.4, -0.2) is 14.4 Å². The van der Waals surface area contributed by atoms with Crippen molar-refractivity contribution in [1.82, 2.24) is 4.72 Å². The van der Waals surface area contributed by atoms with Crippen molar-refractivity contribution >= 4 is 16.0 Å². The third-order valence-corrected chi connectivity index (χ3v) is 4.64. The van der Waals surface area contributed by atoms with Gasteiger partial charge in [-0.1, -0.05) is 36.4 Å². The maximum atomic E-state index is 13.7. The highest BCUT2D eigenvalue weighted by Gasteiger charge is 2.22. The van der Waals surface area contributed by atoms with E-state index in [1.54, 1.807) is 37.3 Å². The smallest absolute Gasteiger partial charge is 0.244 e. The van der Waals surface area contributed by atoms with Crippen molar-refractivity contribution in [3.05, 3.63) is 65.5 Å². The fourth-order valence-corrected chi connectivity index (χ4v) is 3.28. The second-order valence-corrected chi connectivity index (χ2v) is 6.37. The molecule has 0 aliphatic heterocycles. The lowest BCUT2D eigenvalue weighted by Gasteiger charge is -2.15. The number of rotatable bonds is 5. The molecule has 2 aromatic rings. The Labute approximate surface area is 127 Å². The first-order chi connectivity index (χ1) is 10.3. The van der Waals surface area contributed by atoms with E-state index in [9.17, 15) is 22.7 Å². The SMILES string of the molecule is C[C@@H](NS(=O)(=O)c1cc(C(=O)[O-])ccc1F)c1ccccc1. The van der Waals surface area contributed by atoms with Gasteiger partial charge in [-0.3, -0.25) is 0 Å². The average molecular weight is 322 g/mol. The van der Waals surface area contributed by atoms with Crippen LogP contribution in [0.25, 0.3) is 0 Å². The van der Waals surface area contributed by atoms with Crippen molar-refractivity contribution in [3.8, 4) is 0 Å². The first-order valence-corrected chi connectivity index (χ1v) is 7.88. The minimum absolute atomic E-state index is 0.408. The first kappa shape index (κ1) is 16.1. The number of benzene rings is 2. The Kier molecular flexibility index (Phi) is 4.58. The van der Waals surface area contributed by atoms with Crippen LogP contribution in [0.2, 0.25) is 0 Å². The van der Waals surface area contributed by atoms with Crippen LogP contribution in [0.1, 0.15) is 28.9 Å². The van der Waals surface area contributed by atoms with Gasteiger partial charge in [-0.15, -0.1) is 0 Å². The van der Waals surface area contributed by atoms with E-state index in [2.05, 4.69) is 4.72 Å². The molecule has 0 heterocycles. The van der Waals surface area contributed by atoms with Gasteiger partial charge >= 0.3 is 0 Å². The number of nitrogens with one attached hydrogen (secondary N) is 1. The molecule has 0 aliphatic rings. The number of aromatic carboxylic acids is 1. The molecule has 0 saturated carbocycles. The summed E-state index contributed by atoms with van der Waals surface area (Å²) in [4.78, 5) is 10.1. The van der Waals surface area contributed by atoms with Crippen LogP contribution in [-0.2, 0) is 10.0 Å². The summed E-state index contributed by atoms with van der Waals surface area (Å²) >= 11 is 0. The molecule has 0 saturated heterocycles. The monoisotopic (exact) mass is 322 g/mol. The van der Waals surface area contributed by atoms with Crippen molar-refractivity contribution < 1.29 is 22.7 Å². The molecule has 1 atom stereocenters. The lowest BCUT2D eigenvalue weighted by Crippen LogP contribution is -2.28. The molecule has 0 bridgehead atoms. The fourth-order valence-electron chi connectivity index (χ4n) is 1.94. The lowest BCUT2D eigenvalue weighted by atomic mass is 10.1. The Morgan fingerprint density at radius 1 is 1.18 bits per heavy atom. The average Bonchev–Trinajstić information content (AvgIpc) is 2.47. The van der Waals surface area contributed by atoms with Crippen LogP contribution < -0.4 is 9.83 Å². The molecule has 0 spiro atoms. The van der Waals surface area contributed by atoms with E-state index in [0.717, 1.165) is 18.2 Å². The zero-order valence-electron chi connectivity index (χ0n) is 11.6. The summed E-state index contributed by atoms with van der Waals surface area (Å²) in [6.07, 6.45) is 0. The van der Waals surface area contributed by atoms with Gasteiger partial charge in [-0.2, -0.15) is 0 Å². The third-order valence-electron chi connectivity index (χ3n) is 3.09. The molecule has 22 heavy (non-hydrogen) atoms. The van der Waals surface area contributed by atoms with Crippen LogP contribution in [0, 0.1) is 5.82 Å². The fraction of sp³-hybridized carbons (Fsp3) is 0.133. The summed E-state index contributed by atoms with van der Waals surface area (Å²) in [7, 11) is -4.21. The highest BCUT2D eigenvalue weighted by atomic mass is 32.2. The summed E-state index contributed by atoms with van der Waals surface area (Å²) in [6.45, 7) is 1.60. The summed E-state index contributed by atoms with van der Waals surface area (Å²) < 4.78 is 40.6. The topological polar surface area (TPSA) is 86.3 Å². The standard InChI is InChI=1S/C15H14FNO4S/c1-10(11-5-3-2-4-6-11)17-22(20,21)14-9-12(15(18)19)7-8-13(14)16/h2-10,17H,1H3,(H,18,19)/p-1/t10-/m1/s1. The highest BCUT2D eigenvalue weighted by molar-refractivity contribution is 7.89. The van der Waals surface area contributed by atoms with E-state index in [1.165, 1.54) is 0 Å². The van der Waals surface area contributed by atoms with Crippen molar-refractivity contribution in [1.29, 1.82) is 0 Å². The molecule has 116 valence electrons. The lowest BCUT2D eigenvalue weighted by molar-refractivity contribution is -0.255. The highest BCUT2D eigenvalue weighted by Crippen LogP contribution is 2.20. The number of carbonyl (C=O) groups is 1. The minimum Gasteiger partial charge on any atom is -0.545 e. The van der Waals surface area contributed by atoms with Crippen LogP contribution in [0.15, 0.2) is 53.4 Å². The van der Waals surface area contributed by atoms with Crippen molar-refractivity contribution in [2.75, 3.05) is 0 Å². The predicted molar refractivity (Wildman–Crippen MR) is 75.9 cm³/mol. The summed E-state index contributed by atoms with van der Waals surface area (Å²) in [5, 5.41) is 10.8. The minimum atomic E-state index is -4.21. The number of carbonyl (C=O) groups excluding carboxylic acids is 1. The van der Waals surface area contributed by atoms with Crippen LogP contribution in [0.4, 0.5) is 4.39 Å². The predicted octanol–water partition coefficient (Wildman–Crippen LogP) is 1.23. The number of carboxylic acid groups (broad SMARTS) is 1. The molecule has 5 nitrogen and oxygen atoms in total. The van der Waals surface area contributed by atoms with Crippen LogP contribution >= 0.6 is 0 Å². The number of sulfonamides is 1. The van der Waals surface area contributed by atoms with Crippen molar-refractivity contribution in [3.63, 3.8) is 0 Å². The van der Waals surface area contributed by atoms with Gasteiger partial charge in [-0.25, -0.2) is 17.5 Å². The molecule has 7 heteroatoms. The zero-order valence-corrected chi connectivity index (χ0v) is 12.4. The molecule has 2 rings (SSSR count). The zero-order chi connectivity index (χ0) is 16.3. The quantitative estimate of drug-likeness (QED) is 0.897. The van der Waals surface area contributed by atoms with Crippen molar-refractivity contribution in [2.24, 2.45) is 0 Å². The van der Waals surface area contributed by atoms with E-state index in [0.29, 0.717) is 5.56 Å². The van der Waals surface area contributed by atoms with Crippen LogP contribution in [0.5, 0.6) is 0 Å².